The first-order valence-corrected chi connectivity index (χ1v) is 8.36. The van der Waals surface area contributed by atoms with Gasteiger partial charge in [-0.3, -0.25) is 0 Å². The van der Waals surface area contributed by atoms with Crippen molar-refractivity contribution >= 4 is 28.5 Å². The smallest absolute Gasteiger partial charge is 0.342 e. The van der Waals surface area contributed by atoms with E-state index in [1.807, 2.05) is 31.2 Å². The molecule has 1 heterocycles. The standard InChI is InChI=1S/C20H18ClNO4/c1-12-13-7-4-5-9-15(13)22-16(18(12)21)11-26-20(23)14-8-6-10-17(24-2)19(14)25-3/h4-10H,11H2,1-3H3. The molecular weight excluding hydrogens is 354 g/mol. The van der Waals surface area contributed by atoms with Gasteiger partial charge in [0, 0.05) is 5.39 Å². The number of halogens is 1. The van der Waals surface area contributed by atoms with Gasteiger partial charge in [-0.25, -0.2) is 9.78 Å². The number of nitrogens with zero attached hydrogens (tertiary/aromatic N) is 1. The van der Waals surface area contributed by atoms with Crippen LogP contribution in [0.4, 0.5) is 0 Å². The minimum Gasteiger partial charge on any atom is -0.493 e. The van der Waals surface area contributed by atoms with Crippen LogP contribution in [0.5, 0.6) is 11.5 Å². The van der Waals surface area contributed by atoms with Crippen LogP contribution in [0.25, 0.3) is 10.9 Å². The van der Waals surface area contributed by atoms with Crippen molar-refractivity contribution in [2.45, 2.75) is 13.5 Å². The molecule has 0 fully saturated rings. The third-order valence-corrected chi connectivity index (χ3v) is 4.61. The first-order valence-electron chi connectivity index (χ1n) is 7.98. The second kappa shape index (κ2) is 7.62. The molecule has 0 aliphatic carbocycles. The summed E-state index contributed by atoms with van der Waals surface area (Å²) in [6.45, 7) is 1.88. The van der Waals surface area contributed by atoms with Gasteiger partial charge in [-0.05, 0) is 30.7 Å². The van der Waals surface area contributed by atoms with Crippen LogP contribution in [0, 0.1) is 6.92 Å². The number of para-hydroxylation sites is 2. The third kappa shape index (κ3) is 3.30. The monoisotopic (exact) mass is 371 g/mol. The number of aryl methyl sites for hydroxylation is 1. The van der Waals surface area contributed by atoms with Gasteiger partial charge in [-0.2, -0.15) is 0 Å². The highest BCUT2D eigenvalue weighted by Crippen LogP contribution is 2.32. The van der Waals surface area contributed by atoms with E-state index in [0.717, 1.165) is 16.5 Å². The molecule has 1 aromatic heterocycles. The van der Waals surface area contributed by atoms with E-state index >= 15 is 0 Å². The number of hydrogen-bond donors (Lipinski definition) is 0. The zero-order chi connectivity index (χ0) is 18.7. The number of fused-ring (bicyclic) bond motifs is 1. The van der Waals surface area contributed by atoms with Crippen molar-refractivity contribution in [2.24, 2.45) is 0 Å². The summed E-state index contributed by atoms with van der Waals surface area (Å²) in [4.78, 5) is 17.0. The van der Waals surface area contributed by atoms with Crippen LogP contribution >= 0.6 is 11.6 Å². The third-order valence-electron chi connectivity index (χ3n) is 4.11. The molecule has 0 aliphatic heterocycles. The highest BCUT2D eigenvalue weighted by Gasteiger charge is 2.19. The fraction of sp³-hybridized carbons (Fsp3) is 0.200. The van der Waals surface area contributed by atoms with Crippen LogP contribution in [0.3, 0.4) is 0 Å². The van der Waals surface area contributed by atoms with E-state index < -0.39 is 5.97 Å². The van der Waals surface area contributed by atoms with Crippen LogP contribution < -0.4 is 9.47 Å². The second-order valence-electron chi connectivity index (χ2n) is 5.63. The summed E-state index contributed by atoms with van der Waals surface area (Å²) in [7, 11) is 2.98. The lowest BCUT2D eigenvalue weighted by Gasteiger charge is -2.13. The van der Waals surface area contributed by atoms with Gasteiger partial charge in [0.2, 0.25) is 0 Å². The molecule has 0 amide bonds. The molecule has 0 unspecified atom stereocenters. The Morgan fingerprint density at radius 3 is 2.58 bits per heavy atom. The molecule has 0 aliphatic rings. The molecule has 0 saturated heterocycles. The minimum atomic E-state index is -0.538. The van der Waals surface area contributed by atoms with Gasteiger partial charge in [0.1, 0.15) is 12.2 Å². The number of rotatable bonds is 5. The number of esters is 1. The molecule has 0 N–H and O–H groups in total. The fourth-order valence-corrected chi connectivity index (χ4v) is 2.97. The van der Waals surface area contributed by atoms with Gasteiger partial charge in [0.15, 0.2) is 11.5 Å². The summed E-state index contributed by atoms with van der Waals surface area (Å²) >= 11 is 6.41. The highest BCUT2D eigenvalue weighted by atomic mass is 35.5. The Balaban J connectivity index is 1.87. The Hall–Kier alpha value is -2.79. The summed E-state index contributed by atoms with van der Waals surface area (Å²) in [5, 5.41) is 1.47. The van der Waals surface area contributed by atoms with E-state index in [1.54, 1.807) is 18.2 Å². The topological polar surface area (TPSA) is 57.7 Å². The van der Waals surface area contributed by atoms with Gasteiger partial charge in [0.05, 0.1) is 30.5 Å². The van der Waals surface area contributed by atoms with Crippen molar-refractivity contribution in [1.29, 1.82) is 0 Å². The summed E-state index contributed by atoms with van der Waals surface area (Å²) < 4.78 is 15.9. The molecule has 5 nitrogen and oxygen atoms in total. The predicted molar refractivity (Wildman–Crippen MR) is 100 cm³/mol. The van der Waals surface area contributed by atoms with Crippen molar-refractivity contribution in [2.75, 3.05) is 14.2 Å². The first kappa shape index (κ1) is 18.0. The molecular formula is C20H18ClNO4. The zero-order valence-corrected chi connectivity index (χ0v) is 15.5. The van der Waals surface area contributed by atoms with E-state index in [9.17, 15) is 4.79 Å². The summed E-state index contributed by atoms with van der Waals surface area (Å²) in [5.41, 5.74) is 2.50. The summed E-state index contributed by atoms with van der Waals surface area (Å²) in [5.74, 6) is 0.248. The Kier molecular flexibility index (Phi) is 5.28. The normalized spacial score (nSPS) is 10.6. The number of benzene rings is 2. The molecule has 134 valence electrons. The zero-order valence-electron chi connectivity index (χ0n) is 14.7. The molecule has 0 bridgehead atoms. The van der Waals surface area contributed by atoms with Crippen LogP contribution in [0.1, 0.15) is 21.6 Å². The number of carbonyl (C=O) groups excluding carboxylic acids is 1. The molecule has 0 spiro atoms. The van der Waals surface area contributed by atoms with Gasteiger partial charge >= 0.3 is 5.97 Å². The van der Waals surface area contributed by atoms with Gasteiger partial charge in [-0.1, -0.05) is 35.9 Å². The second-order valence-corrected chi connectivity index (χ2v) is 6.01. The molecule has 0 radical (unpaired) electrons. The van der Waals surface area contributed by atoms with Crippen molar-refractivity contribution in [3.8, 4) is 11.5 Å². The molecule has 3 aromatic rings. The molecule has 3 rings (SSSR count). The largest absolute Gasteiger partial charge is 0.493 e. The maximum absolute atomic E-state index is 12.5. The maximum atomic E-state index is 12.5. The van der Waals surface area contributed by atoms with Crippen LogP contribution in [-0.2, 0) is 11.3 Å². The highest BCUT2D eigenvalue weighted by molar-refractivity contribution is 6.32. The number of ether oxygens (including phenoxy) is 3. The van der Waals surface area contributed by atoms with Crippen LogP contribution in [0.15, 0.2) is 42.5 Å². The molecule has 6 heteroatoms. The van der Waals surface area contributed by atoms with Crippen molar-refractivity contribution < 1.29 is 19.0 Å². The van der Waals surface area contributed by atoms with Gasteiger partial charge in [0.25, 0.3) is 0 Å². The number of methoxy groups -OCH3 is 2. The molecule has 0 atom stereocenters. The number of hydrogen-bond acceptors (Lipinski definition) is 5. The quantitative estimate of drug-likeness (QED) is 0.615. The first-order chi connectivity index (χ1) is 12.6. The number of aromatic nitrogens is 1. The summed E-state index contributed by atoms with van der Waals surface area (Å²) in [6, 6.07) is 12.7. The average Bonchev–Trinajstić information content (AvgIpc) is 2.68. The van der Waals surface area contributed by atoms with Crippen molar-refractivity contribution in [3.63, 3.8) is 0 Å². The van der Waals surface area contributed by atoms with E-state index in [-0.39, 0.29) is 12.2 Å². The van der Waals surface area contributed by atoms with E-state index in [0.29, 0.717) is 22.2 Å². The van der Waals surface area contributed by atoms with Gasteiger partial charge < -0.3 is 14.2 Å². The Labute approximate surface area is 156 Å². The Morgan fingerprint density at radius 1 is 1.08 bits per heavy atom. The predicted octanol–water partition coefficient (Wildman–Crippen LogP) is 4.57. The lowest BCUT2D eigenvalue weighted by Crippen LogP contribution is -2.09. The van der Waals surface area contributed by atoms with Crippen LogP contribution in [-0.4, -0.2) is 25.2 Å². The molecule has 0 saturated carbocycles. The maximum Gasteiger partial charge on any atom is 0.342 e. The Morgan fingerprint density at radius 2 is 1.85 bits per heavy atom. The van der Waals surface area contributed by atoms with E-state index in [2.05, 4.69) is 4.98 Å². The minimum absolute atomic E-state index is 0.0380. The van der Waals surface area contributed by atoms with Crippen LogP contribution in [0.2, 0.25) is 5.02 Å². The molecule has 2 aromatic carbocycles. The lowest BCUT2D eigenvalue weighted by atomic mass is 10.1. The number of pyridine rings is 1. The van der Waals surface area contributed by atoms with E-state index in [4.69, 9.17) is 25.8 Å². The SMILES string of the molecule is COc1cccc(C(=O)OCc2nc3ccccc3c(C)c2Cl)c1OC. The molecule has 26 heavy (non-hydrogen) atoms. The number of carbonyl (C=O) groups is 1. The van der Waals surface area contributed by atoms with Crippen molar-refractivity contribution in [1.82, 2.24) is 4.98 Å². The lowest BCUT2D eigenvalue weighted by molar-refractivity contribution is 0.0464. The Bertz CT molecular complexity index is 971. The van der Waals surface area contributed by atoms with Crippen molar-refractivity contribution in [3.05, 3.63) is 64.3 Å². The van der Waals surface area contributed by atoms with E-state index in [1.165, 1.54) is 14.2 Å². The fourth-order valence-electron chi connectivity index (χ4n) is 2.77. The summed E-state index contributed by atoms with van der Waals surface area (Å²) in [6.07, 6.45) is 0. The van der Waals surface area contributed by atoms with Gasteiger partial charge in [-0.15, -0.1) is 0 Å². The average molecular weight is 372 g/mol.